The molecule has 0 saturated heterocycles. The minimum absolute atomic E-state index is 0.118. The van der Waals surface area contributed by atoms with Crippen molar-refractivity contribution in [3.05, 3.63) is 59.4 Å². The minimum atomic E-state index is -0.163. The van der Waals surface area contributed by atoms with E-state index >= 15 is 0 Å². The van der Waals surface area contributed by atoms with E-state index in [1.165, 1.54) is 11.8 Å². The maximum absolute atomic E-state index is 11.9. The molecule has 0 aliphatic carbocycles. The highest BCUT2D eigenvalue weighted by molar-refractivity contribution is 7.98. The highest BCUT2D eigenvalue weighted by atomic mass is 35.5. The summed E-state index contributed by atoms with van der Waals surface area (Å²) in [7, 11) is 0. The number of rotatable bonds is 8. The fourth-order valence-corrected chi connectivity index (χ4v) is 3.00. The number of halogens is 1. The molecular formula is C16H18ClN3O2S. The van der Waals surface area contributed by atoms with Crippen LogP contribution in [0.25, 0.3) is 0 Å². The number of thioether (sulfide) groups is 1. The van der Waals surface area contributed by atoms with Crippen LogP contribution < -0.4 is 5.32 Å². The van der Waals surface area contributed by atoms with Crippen molar-refractivity contribution in [1.82, 2.24) is 14.9 Å². The lowest BCUT2D eigenvalue weighted by molar-refractivity contribution is -0.121. The Kier molecular flexibility index (Phi) is 6.70. The molecule has 0 unspecified atom stereocenters. The first-order valence-electron chi connectivity index (χ1n) is 7.04. The van der Waals surface area contributed by atoms with E-state index in [-0.39, 0.29) is 19.1 Å². The third-order valence-corrected chi connectivity index (χ3v) is 4.40. The van der Waals surface area contributed by atoms with E-state index < -0.39 is 0 Å². The Morgan fingerprint density at radius 3 is 2.83 bits per heavy atom. The summed E-state index contributed by atoms with van der Waals surface area (Å²) in [5.74, 6) is 0.554. The third-order valence-electron chi connectivity index (χ3n) is 3.09. The molecule has 0 fully saturated rings. The normalized spacial score (nSPS) is 10.5. The van der Waals surface area contributed by atoms with Gasteiger partial charge in [0.15, 0.2) is 5.16 Å². The van der Waals surface area contributed by atoms with Gasteiger partial charge in [-0.2, -0.15) is 0 Å². The Hall–Kier alpha value is -1.76. The number of hydrogen-bond acceptors (Lipinski definition) is 4. The summed E-state index contributed by atoms with van der Waals surface area (Å²) in [5, 5.41) is 13.5. The van der Waals surface area contributed by atoms with Gasteiger partial charge in [0.2, 0.25) is 5.91 Å². The van der Waals surface area contributed by atoms with Crippen molar-refractivity contribution in [3.8, 4) is 0 Å². The number of aromatic nitrogens is 2. The van der Waals surface area contributed by atoms with Crippen molar-refractivity contribution in [2.24, 2.45) is 0 Å². The Bertz CT molecular complexity index is 670. The van der Waals surface area contributed by atoms with Crippen molar-refractivity contribution < 1.29 is 9.90 Å². The smallest absolute Gasteiger partial charge is 0.240 e. The fraction of sp³-hybridized carbons (Fsp3) is 0.250. The maximum Gasteiger partial charge on any atom is 0.240 e. The topological polar surface area (TPSA) is 67.2 Å². The van der Waals surface area contributed by atoms with Crippen LogP contribution in [0.5, 0.6) is 0 Å². The molecule has 1 heterocycles. The van der Waals surface area contributed by atoms with Gasteiger partial charge in [0.05, 0.1) is 18.5 Å². The Morgan fingerprint density at radius 2 is 2.17 bits per heavy atom. The van der Waals surface area contributed by atoms with Gasteiger partial charge in [-0.1, -0.05) is 41.6 Å². The average Bonchev–Trinajstić information content (AvgIpc) is 2.94. The Labute approximate surface area is 144 Å². The second kappa shape index (κ2) is 8.76. The fourth-order valence-electron chi connectivity index (χ4n) is 1.92. The van der Waals surface area contributed by atoms with Gasteiger partial charge in [-0.05, 0) is 17.7 Å². The van der Waals surface area contributed by atoms with Gasteiger partial charge in [0, 0.05) is 17.3 Å². The zero-order valence-corrected chi connectivity index (χ0v) is 14.1. The van der Waals surface area contributed by atoms with Crippen molar-refractivity contribution in [2.45, 2.75) is 24.1 Å². The van der Waals surface area contributed by atoms with E-state index in [4.69, 9.17) is 11.6 Å². The maximum atomic E-state index is 11.9. The number of carbonyl (C=O) groups excluding carboxylic acids is 1. The number of hydrogen-bond donors (Lipinski definition) is 2. The second-order valence-electron chi connectivity index (χ2n) is 4.78. The number of aliphatic hydroxyl groups is 1. The summed E-state index contributed by atoms with van der Waals surface area (Å²) >= 11 is 7.38. The number of imidazole rings is 1. The molecule has 0 atom stereocenters. The molecule has 23 heavy (non-hydrogen) atoms. The van der Waals surface area contributed by atoms with Crippen LogP contribution in [0.2, 0.25) is 5.02 Å². The molecule has 2 N–H and O–H groups in total. The van der Waals surface area contributed by atoms with E-state index in [9.17, 15) is 9.90 Å². The number of nitrogens with one attached hydrogen (secondary N) is 1. The van der Waals surface area contributed by atoms with Gasteiger partial charge in [-0.3, -0.25) is 4.79 Å². The van der Waals surface area contributed by atoms with Gasteiger partial charge < -0.3 is 15.0 Å². The van der Waals surface area contributed by atoms with Crippen LogP contribution in [0, 0.1) is 0 Å². The van der Waals surface area contributed by atoms with Crippen LogP contribution in [-0.4, -0.2) is 27.1 Å². The largest absolute Gasteiger partial charge is 0.390 e. The highest BCUT2D eigenvalue weighted by Crippen LogP contribution is 2.24. The van der Waals surface area contributed by atoms with Crippen molar-refractivity contribution in [2.75, 3.05) is 6.54 Å². The summed E-state index contributed by atoms with van der Waals surface area (Å²) < 4.78 is 1.72. The number of carbonyl (C=O) groups is 1. The van der Waals surface area contributed by atoms with Gasteiger partial charge in [-0.25, -0.2) is 4.98 Å². The molecule has 0 bridgehead atoms. The Morgan fingerprint density at radius 1 is 1.43 bits per heavy atom. The highest BCUT2D eigenvalue weighted by Gasteiger charge is 2.13. The number of aliphatic hydroxyl groups excluding tert-OH is 1. The molecule has 0 aliphatic heterocycles. The van der Waals surface area contributed by atoms with E-state index in [2.05, 4.69) is 16.9 Å². The van der Waals surface area contributed by atoms with Gasteiger partial charge in [-0.15, -0.1) is 6.58 Å². The van der Waals surface area contributed by atoms with Crippen LogP contribution >= 0.6 is 23.4 Å². The predicted octanol–water partition coefficient (Wildman–Crippen LogP) is 2.62. The van der Waals surface area contributed by atoms with Gasteiger partial charge in [0.25, 0.3) is 0 Å². The van der Waals surface area contributed by atoms with Crippen LogP contribution in [-0.2, 0) is 23.7 Å². The SMILES string of the molecule is C=CCNC(=O)Cn1c(CO)cnc1SCc1ccc(Cl)cc1. The van der Waals surface area contributed by atoms with E-state index in [0.29, 0.717) is 28.2 Å². The van der Waals surface area contributed by atoms with Gasteiger partial charge >= 0.3 is 0 Å². The quantitative estimate of drug-likeness (QED) is 0.566. The molecule has 0 radical (unpaired) electrons. The third kappa shape index (κ3) is 5.13. The number of benzene rings is 1. The van der Waals surface area contributed by atoms with Crippen LogP contribution in [0.15, 0.2) is 48.3 Å². The zero-order valence-electron chi connectivity index (χ0n) is 12.5. The first kappa shape index (κ1) is 17.6. The molecule has 0 aliphatic rings. The average molecular weight is 352 g/mol. The minimum Gasteiger partial charge on any atom is -0.390 e. The summed E-state index contributed by atoms with van der Waals surface area (Å²) in [6.07, 6.45) is 3.21. The lowest BCUT2D eigenvalue weighted by atomic mass is 10.2. The lowest BCUT2D eigenvalue weighted by Gasteiger charge is -2.10. The molecule has 0 spiro atoms. The lowest BCUT2D eigenvalue weighted by Crippen LogP contribution is -2.28. The summed E-state index contributed by atoms with van der Waals surface area (Å²) in [6, 6.07) is 7.58. The molecule has 5 nitrogen and oxygen atoms in total. The molecular weight excluding hydrogens is 334 g/mol. The monoisotopic (exact) mass is 351 g/mol. The molecule has 0 saturated carbocycles. The predicted molar refractivity (Wildman–Crippen MR) is 92.4 cm³/mol. The molecule has 2 aromatic rings. The van der Waals surface area contributed by atoms with E-state index in [0.717, 1.165) is 5.56 Å². The van der Waals surface area contributed by atoms with Crippen molar-refractivity contribution in [1.29, 1.82) is 0 Å². The first-order valence-corrected chi connectivity index (χ1v) is 8.40. The van der Waals surface area contributed by atoms with E-state index in [1.807, 2.05) is 24.3 Å². The molecule has 1 amide bonds. The molecule has 122 valence electrons. The summed E-state index contributed by atoms with van der Waals surface area (Å²) in [5.41, 5.74) is 1.72. The zero-order chi connectivity index (χ0) is 16.7. The molecule has 7 heteroatoms. The molecule has 2 rings (SSSR count). The summed E-state index contributed by atoms with van der Waals surface area (Å²) in [4.78, 5) is 16.2. The molecule has 1 aromatic heterocycles. The second-order valence-corrected chi connectivity index (χ2v) is 6.16. The molecule has 1 aromatic carbocycles. The standard InChI is InChI=1S/C16H18ClN3O2S/c1-2-7-18-15(22)9-20-14(10-21)8-19-16(20)23-11-12-3-5-13(17)6-4-12/h2-6,8,21H,1,7,9-11H2,(H,18,22). The van der Waals surface area contributed by atoms with Crippen LogP contribution in [0.3, 0.4) is 0 Å². The first-order chi connectivity index (χ1) is 11.1. The number of amides is 1. The van der Waals surface area contributed by atoms with Gasteiger partial charge in [0.1, 0.15) is 6.54 Å². The van der Waals surface area contributed by atoms with Crippen LogP contribution in [0.1, 0.15) is 11.3 Å². The number of nitrogens with zero attached hydrogens (tertiary/aromatic N) is 2. The summed E-state index contributed by atoms with van der Waals surface area (Å²) in [6.45, 7) is 3.93. The van der Waals surface area contributed by atoms with Crippen molar-refractivity contribution >= 4 is 29.3 Å². The van der Waals surface area contributed by atoms with Crippen molar-refractivity contribution in [3.63, 3.8) is 0 Å². The van der Waals surface area contributed by atoms with E-state index in [1.54, 1.807) is 16.8 Å². The Balaban J connectivity index is 2.06. The van der Waals surface area contributed by atoms with Crippen LogP contribution in [0.4, 0.5) is 0 Å².